The van der Waals surface area contributed by atoms with Gasteiger partial charge in [0, 0.05) is 17.3 Å². The number of amides is 2. The van der Waals surface area contributed by atoms with E-state index in [0.717, 1.165) is 0 Å². The molecule has 3 N–H and O–H groups in total. The average Bonchev–Trinajstić information content (AvgIpc) is 3.21. The molecule has 0 atom stereocenters. The highest BCUT2D eigenvalue weighted by Gasteiger charge is 2.25. The number of urea groups is 1. The van der Waals surface area contributed by atoms with Gasteiger partial charge in [-0.05, 0) is 42.8 Å². The minimum Gasteiger partial charge on any atom is -0.504 e. The molecular weight excluding hydrogens is 501 g/mol. The molecule has 8 nitrogen and oxygen atoms in total. The summed E-state index contributed by atoms with van der Waals surface area (Å²) in [6, 6.07) is 18.4. The van der Waals surface area contributed by atoms with Crippen molar-refractivity contribution in [2.75, 3.05) is 24.4 Å². The molecule has 1 heterocycles. The number of anilines is 2. The molecule has 0 saturated heterocycles. The molecule has 1 aromatic heterocycles. The Morgan fingerprint density at radius 1 is 1.00 bits per heavy atom. The Labute approximate surface area is 217 Å². The molecule has 0 aliphatic rings. The number of carbonyl (C=O) groups excluding carboxylic acids is 2. The van der Waals surface area contributed by atoms with E-state index in [1.54, 1.807) is 55.5 Å². The van der Waals surface area contributed by atoms with E-state index in [-0.39, 0.29) is 34.6 Å². The zero-order valence-corrected chi connectivity index (χ0v) is 20.7. The maximum Gasteiger partial charge on any atom is 0.357 e. The number of esters is 1. The Balaban J connectivity index is 1.69. The van der Waals surface area contributed by atoms with Crippen LogP contribution < -0.4 is 15.4 Å². The molecule has 0 aliphatic heterocycles. The first-order valence-electron chi connectivity index (χ1n) is 11.2. The molecule has 37 heavy (non-hydrogen) atoms. The van der Waals surface area contributed by atoms with E-state index in [2.05, 4.69) is 10.6 Å². The number of aromatic hydroxyl groups is 1. The Kier molecular flexibility index (Phi) is 7.64. The summed E-state index contributed by atoms with van der Waals surface area (Å²) < 4.78 is 25.7. The molecule has 0 aliphatic carbocycles. The summed E-state index contributed by atoms with van der Waals surface area (Å²) in [6.07, 6.45) is 0. The molecule has 4 rings (SSSR count). The summed E-state index contributed by atoms with van der Waals surface area (Å²) in [7, 11) is 1.47. The van der Waals surface area contributed by atoms with Crippen LogP contribution in [0, 0.1) is 5.82 Å². The number of benzene rings is 3. The minimum absolute atomic E-state index is 0.00342. The summed E-state index contributed by atoms with van der Waals surface area (Å²) in [5.41, 5.74) is 1.78. The Morgan fingerprint density at radius 2 is 1.70 bits per heavy atom. The first-order valence-corrected chi connectivity index (χ1v) is 11.6. The van der Waals surface area contributed by atoms with Crippen LogP contribution in [0.3, 0.4) is 0 Å². The van der Waals surface area contributed by atoms with Crippen molar-refractivity contribution >= 4 is 35.0 Å². The topological polar surface area (TPSA) is 102 Å². The van der Waals surface area contributed by atoms with Crippen LogP contribution in [-0.4, -0.2) is 35.4 Å². The number of ether oxygens (including phenoxy) is 2. The molecule has 3 aromatic carbocycles. The van der Waals surface area contributed by atoms with Gasteiger partial charge in [-0.3, -0.25) is 4.57 Å². The lowest BCUT2D eigenvalue weighted by Crippen LogP contribution is -2.22. The van der Waals surface area contributed by atoms with E-state index in [1.165, 1.54) is 35.9 Å². The van der Waals surface area contributed by atoms with Gasteiger partial charge >= 0.3 is 12.0 Å². The Hall–Kier alpha value is -4.50. The molecule has 10 heteroatoms. The molecule has 0 bridgehead atoms. The maximum atomic E-state index is 13.9. The van der Waals surface area contributed by atoms with E-state index in [9.17, 15) is 19.1 Å². The number of phenols is 1. The summed E-state index contributed by atoms with van der Waals surface area (Å²) in [4.78, 5) is 25.5. The van der Waals surface area contributed by atoms with Crippen molar-refractivity contribution in [3.63, 3.8) is 0 Å². The van der Waals surface area contributed by atoms with Crippen LogP contribution >= 0.6 is 11.6 Å². The normalized spacial score (nSPS) is 10.6. The number of phenolic OH excluding ortho intramolecular Hbond substituents is 1. The second-order valence-corrected chi connectivity index (χ2v) is 8.13. The standard InChI is InChI=1S/C27H23ClFN3O5/c1-3-37-26(34)24-21(31-27(35)30-20-9-5-4-8-19(20)29)15-23(28)32(24)17-13-11-16(12-14-17)18-7-6-10-22(36-2)25(18)33/h4-15,33H,3H2,1-2H3,(H2,30,31,35). The highest BCUT2D eigenvalue weighted by molar-refractivity contribution is 6.31. The van der Waals surface area contributed by atoms with Crippen LogP contribution in [0.5, 0.6) is 11.5 Å². The lowest BCUT2D eigenvalue weighted by atomic mass is 10.0. The van der Waals surface area contributed by atoms with Crippen molar-refractivity contribution in [2.24, 2.45) is 0 Å². The van der Waals surface area contributed by atoms with Gasteiger partial charge in [-0.2, -0.15) is 0 Å². The monoisotopic (exact) mass is 523 g/mol. The summed E-state index contributed by atoms with van der Waals surface area (Å²) in [6.45, 7) is 1.75. The van der Waals surface area contributed by atoms with E-state index < -0.39 is 17.8 Å². The van der Waals surface area contributed by atoms with Gasteiger partial charge in [0.2, 0.25) is 0 Å². The van der Waals surface area contributed by atoms with Crippen LogP contribution in [0.2, 0.25) is 5.15 Å². The van der Waals surface area contributed by atoms with Crippen molar-refractivity contribution < 1.29 is 28.6 Å². The van der Waals surface area contributed by atoms with Gasteiger partial charge < -0.3 is 25.2 Å². The number of halogens is 2. The van der Waals surface area contributed by atoms with Crippen LogP contribution in [0.1, 0.15) is 17.4 Å². The second kappa shape index (κ2) is 11.0. The lowest BCUT2D eigenvalue weighted by Gasteiger charge is -2.14. The number of nitrogens with one attached hydrogen (secondary N) is 2. The zero-order chi connectivity index (χ0) is 26.5. The third-order valence-corrected chi connectivity index (χ3v) is 5.73. The fraction of sp³-hybridized carbons (Fsp3) is 0.111. The van der Waals surface area contributed by atoms with Gasteiger partial charge in [-0.15, -0.1) is 0 Å². The predicted molar refractivity (Wildman–Crippen MR) is 139 cm³/mol. The second-order valence-electron chi connectivity index (χ2n) is 7.75. The Morgan fingerprint density at radius 3 is 2.38 bits per heavy atom. The van der Waals surface area contributed by atoms with Crippen molar-refractivity contribution in [1.29, 1.82) is 0 Å². The molecule has 0 spiro atoms. The molecule has 0 saturated carbocycles. The van der Waals surface area contributed by atoms with Crippen LogP contribution in [-0.2, 0) is 4.74 Å². The number of hydrogen-bond donors (Lipinski definition) is 3. The summed E-state index contributed by atoms with van der Waals surface area (Å²) in [5.74, 6) is -0.994. The maximum absolute atomic E-state index is 13.9. The van der Waals surface area contributed by atoms with Crippen molar-refractivity contribution in [3.8, 4) is 28.3 Å². The van der Waals surface area contributed by atoms with Crippen LogP contribution in [0.4, 0.5) is 20.6 Å². The van der Waals surface area contributed by atoms with Gasteiger partial charge in [0.15, 0.2) is 17.2 Å². The van der Waals surface area contributed by atoms with Gasteiger partial charge in [-0.25, -0.2) is 14.0 Å². The van der Waals surface area contributed by atoms with Gasteiger partial charge in [0.1, 0.15) is 11.0 Å². The highest BCUT2D eigenvalue weighted by atomic mass is 35.5. The number of carbonyl (C=O) groups is 2. The largest absolute Gasteiger partial charge is 0.504 e. The third-order valence-electron chi connectivity index (χ3n) is 5.45. The highest BCUT2D eigenvalue weighted by Crippen LogP contribution is 2.37. The van der Waals surface area contributed by atoms with Gasteiger partial charge in [0.05, 0.1) is 25.1 Å². The minimum atomic E-state index is -0.770. The Bertz CT molecular complexity index is 1450. The zero-order valence-electron chi connectivity index (χ0n) is 19.9. The van der Waals surface area contributed by atoms with Crippen molar-refractivity contribution in [1.82, 2.24) is 4.57 Å². The molecule has 0 fully saturated rings. The quantitative estimate of drug-likeness (QED) is 0.241. The molecular formula is C27H23ClFN3O5. The SMILES string of the molecule is CCOC(=O)c1c(NC(=O)Nc2ccccc2F)cc(Cl)n1-c1ccc(-c2cccc(OC)c2O)cc1. The molecule has 4 aromatic rings. The number of para-hydroxylation sites is 2. The van der Waals surface area contributed by atoms with E-state index in [0.29, 0.717) is 22.6 Å². The van der Waals surface area contributed by atoms with E-state index in [1.807, 2.05) is 0 Å². The van der Waals surface area contributed by atoms with Crippen molar-refractivity contribution in [3.05, 3.63) is 89.5 Å². The van der Waals surface area contributed by atoms with Crippen LogP contribution in [0.25, 0.3) is 16.8 Å². The first kappa shape index (κ1) is 25.6. The number of rotatable bonds is 7. The molecule has 190 valence electrons. The average molecular weight is 524 g/mol. The van der Waals surface area contributed by atoms with Gasteiger partial charge in [0.25, 0.3) is 0 Å². The number of nitrogens with zero attached hydrogens (tertiary/aromatic N) is 1. The number of methoxy groups -OCH3 is 1. The third kappa shape index (κ3) is 5.36. The number of hydrogen-bond acceptors (Lipinski definition) is 5. The fourth-order valence-corrected chi connectivity index (χ4v) is 4.07. The molecule has 0 unspecified atom stereocenters. The smallest absolute Gasteiger partial charge is 0.357 e. The van der Waals surface area contributed by atoms with E-state index >= 15 is 0 Å². The fourth-order valence-electron chi connectivity index (χ4n) is 3.78. The first-order chi connectivity index (χ1) is 17.8. The molecule has 0 radical (unpaired) electrons. The summed E-state index contributed by atoms with van der Waals surface area (Å²) in [5, 5.41) is 15.5. The van der Waals surface area contributed by atoms with E-state index in [4.69, 9.17) is 21.1 Å². The van der Waals surface area contributed by atoms with Crippen molar-refractivity contribution in [2.45, 2.75) is 6.92 Å². The van der Waals surface area contributed by atoms with Gasteiger partial charge in [-0.1, -0.05) is 48.0 Å². The predicted octanol–water partition coefficient (Wildman–Crippen LogP) is 6.47. The number of aromatic nitrogens is 1. The lowest BCUT2D eigenvalue weighted by molar-refractivity contribution is 0.0518. The van der Waals surface area contributed by atoms with Crippen LogP contribution in [0.15, 0.2) is 72.8 Å². The summed E-state index contributed by atoms with van der Waals surface area (Å²) >= 11 is 6.49. The molecule has 2 amide bonds.